The molecule has 0 bridgehead atoms. The van der Waals surface area contributed by atoms with Crippen LogP contribution < -0.4 is 9.62 Å². The van der Waals surface area contributed by atoms with Gasteiger partial charge in [-0.1, -0.05) is 85.8 Å². The van der Waals surface area contributed by atoms with E-state index in [1.165, 1.54) is 0 Å². The number of benzene rings is 2. The molecule has 0 atom stereocenters. The fourth-order valence-electron chi connectivity index (χ4n) is 4.89. The van der Waals surface area contributed by atoms with E-state index in [0.717, 1.165) is 59.3 Å². The second-order valence-corrected chi connectivity index (χ2v) is 13.2. The number of carbonyl (C=O) groups excluding carboxylic acids is 1. The Balaban J connectivity index is 1.74. The second kappa shape index (κ2) is 11.9. The van der Waals surface area contributed by atoms with Crippen LogP contribution in [0.5, 0.6) is 0 Å². The molecular weight excluding hydrogens is 508 g/mol. The zero-order chi connectivity index (χ0) is 28.2. The monoisotopic (exact) mass is 548 g/mol. The molecule has 1 aliphatic heterocycles. The fraction of sp³-hybridized carbons (Fsp3) is 0.452. The van der Waals surface area contributed by atoms with Crippen molar-refractivity contribution in [2.45, 2.75) is 84.4 Å². The smallest absolute Gasteiger partial charge is 0.258 e. The number of anilines is 1. The molecule has 2 aromatic carbocycles. The number of sulfonamides is 1. The number of aromatic nitrogens is 2. The van der Waals surface area contributed by atoms with E-state index in [1.807, 2.05) is 38.1 Å². The minimum absolute atomic E-state index is 0.198. The van der Waals surface area contributed by atoms with Gasteiger partial charge in [0.25, 0.3) is 10.0 Å². The number of hydrogen-bond donors (Lipinski definition) is 1. The summed E-state index contributed by atoms with van der Waals surface area (Å²) >= 11 is 0. The third-order valence-corrected chi connectivity index (χ3v) is 9.49. The van der Waals surface area contributed by atoms with Crippen LogP contribution in [0.3, 0.4) is 0 Å². The molecule has 0 unspecified atom stereocenters. The summed E-state index contributed by atoms with van der Waals surface area (Å²) in [6.45, 7) is 9.95. The van der Waals surface area contributed by atoms with Crippen LogP contribution in [0, 0.1) is 13.8 Å². The van der Waals surface area contributed by atoms with Gasteiger partial charge in [0.1, 0.15) is 0 Å². The molecule has 0 saturated heterocycles. The number of nitrogens with one attached hydrogen (secondary N) is 1. The van der Waals surface area contributed by atoms with Crippen molar-refractivity contribution in [3.63, 3.8) is 0 Å². The second-order valence-electron chi connectivity index (χ2n) is 11.0. The number of rotatable bonds is 10. The first-order valence-electron chi connectivity index (χ1n) is 13.9. The van der Waals surface area contributed by atoms with Crippen LogP contribution in [-0.4, -0.2) is 35.7 Å². The highest BCUT2D eigenvalue weighted by atomic mass is 32.2. The Labute approximate surface area is 233 Å². The summed E-state index contributed by atoms with van der Waals surface area (Å²) in [5, 5.41) is 0. The number of amides is 1. The van der Waals surface area contributed by atoms with Crippen LogP contribution >= 0.6 is 0 Å². The zero-order valence-electron chi connectivity index (χ0n) is 23.8. The van der Waals surface area contributed by atoms with Crippen molar-refractivity contribution in [3.8, 4) is 22.5 Å². The number of fused-ring (bicyclic) bond motifs is 1. The number of unbranched alkanes of at least 4 members (excludes halogenated alkanes) is 3. The molecule has 1 amide bonds. The number of aryl methyl sites for hydroxylation is 3. The predicted octanol–water partition coefficient (Wildman–Crippen LogP) is 6.33. The molecule has 0 spiro atoms. The van der Waals surface area contributed by atoms with Crippen molar-refractivity contribution in [1.29, 1.82) is 0 Å². The number of nitrogens with zero attached hydrogens (tertiary/aromatic N) is 3. The molecule has 0 fully saturated rings. The van der Waals surface area contributed by atoms with E-state index >= 15 is 0 Å². The van der Waals surface area contributed by atoms with Crippen LogP contribution in [0.4, 0.5) is 5.82 Å². The molecule has 1 aromatic heterocycles. The Morgan fingerprint density at radius 3 is 2.03 bits per heavy atom. The Morgan fingerprint density at radius 2 is 1.46 bits per heavy atom. The summed E-state index contributed by atoms with van der Waals surface area (Å²) in [5.41, 5.74) is 6.43. The number of carbonyl (C=O) groups is 1. The van der Waals surface area contributed by atoms with Crippen LogP contribution in [-0.2, 0) is 21.2 Å². The molecule has 1 N–H and O–H groups in total. The van der Waals surface area contributed by atoms with E-state index in [1.54, 1.807) is 18.7 Å². The maximum absolute atomic E-state index is 13.6. The van der Waals surface area contributed by atoms with E-state index in [4.69, 9.17) is 9.97 Å². The summed E-state index contributed by atoms with van der Waals surface area (Å²) < 4.78 is 29.4. The molecule has 1 aliphatic rings. The molecule has 3 aromatic rings. The first-order valence-corrected chi connectivity index (χ1v) is 15.4. The highest BCUT2D eigenvalue weighted by Crippen LogP contribution is 2.38. The van der Waals surface area contributed by atoms with Crippen molar-refractivity contribution < 1.29 is 13.2 Å². The summed E-state index contributed by atoms with van der Waals surface area (Å²) in [7, 11) is -4.04. The topological polar surface area (TPSA) is 92.3 Å². The first kappa shape index (κ1) is 28.7. The Kier molecular flexibility index (Phi) is 8.74. The normalized spacial score (nSPS) is 13.7. The minimum atomic E-state index is -4.04. The maximum Gasteiger partial charge on any atom is 0.258 e. The quantitative estimate of drug-likeness (QED) is 0.298. The van der Waals surface area contributed by atoms with Crippen LogP contribution in [0.25, 0.3) is 22.5 Å². The molecular formula is C31H40N4O3S. The molecule has 4 rings (SSSR count). The van der Waals surface area contributed by atoms with E-state index < -0.39 is 20.8 Å². The van der Waals surface area contributed by atoms with E-state index in [-0.39, 0.29) is 6.42 Å². The third-order valence-electron chi connectivity index (χ3n) is 7.46. The number of hydrogen-bond acceptors (Lipinski definition) is 6. The highest BCUT2D eigenvalue weighted by Gasteiger charge is 2.44. The average molecular weight is 549 g/mol. The molecule has 7 nitrogen and oxygen atoms in total. The van der Waals surface area contributed by atoms with Gasteiger partial charge in [-0.05, 0) is 47.0 Å². The van der Waals surface area contributed by atoms with Gasteiger partial charge in [-0.3, -0.25) is 9.52 Å². The Bertz CT molecular complexity index is 1420. The molecule has 0 saturated carbocycles. The first-order chi connectivity index (χ1) is 18.5. The standard InChI is InChI=1S/C31H40N4O3S/c1-6-7-8-9-12-27(36)34-39(37,38)31(4,5)35-21-10-11-26-30(35)33-29(25-19-15-23(3)16-20-25)28(32-26)24-17-13-22(2)14-18-24/h13-20H,6-12,21H2,1-5H3,(H,34,36). The van der Waals surface area contributed by atoms with Crippen molar-refractivity contribution in [3.05, 3.63) is 65.4 Å². The van der Waals surface area contributed by atoms with Crippen LogP contribution in [0.1, 0.15) is 76.1 Å². The molecule has 2 heterocycles. The van der Waals surface area contributed by atoms with Gasteiger partial charge < -0.3 is 4.90 Å². The summed E-state index contributed by atoms with van der Waals surface area (Å²) in [4.78, 5) is 23.1. The third kappa shape index (κ3) is 6.32. The van der Waals surface area contributed by atoms with Gasteiger partial charge in [-0.25, -0.2) is 18.4 Å². The summed E-state index contributed by atoms with van der Waals surface area (Å²) in [6, 6.07) is 16.3. The van der Waals surface area contributed by atoms with Gasteiger partial charge in [0.2, 0.25) is 5.91 Å². The SMILES string of the molecule is CCCCCCC(=O)NS(=O)(=O)C(C)(C)N1CCCc2nc(-c3ccc(C)cc3)c(-c3ccc(C)cc3)nc21. The van der Waals surface area contributed by atoms with Crippen molar-refractivity contribution in [2.24, 2.45) is 0 Å². The lowest BCUT2D eigenvalue weighted by Gasteiger charge is -2.41. The van der Waals surface area contributed by atoms with Crippen LogP contribution in [0.2, 0.25) is 0 Å². The van der Waals surface area contributed by atoms with Crippen molar-refractivity contribution in [1.82, 2.24) is 14.7 Å². The van der Waals surface area contributed by atoms with Crippen molar-refractivity contribution >= 4 is 21.7 Å². The van der Waals surface area contributed by atoms with Gasteiger partial charge in [-0.15, -0.1) is 0 Å². The molecule has 0 aliphatic carbocycles. The summed E-state index contributed by atoms with van der Waals surface area (Å²) in [5.74, 6) is 0.0935. The largest absolute Gasteiger partial charge is 0.335 e. The molecule has 0 radical (unpaired) electrons. The lowest BCUT2D eigenvalue weighted by Crippen LogP contribution is -2.57. The predicted molar refractivity (Wildman–Crippen MR) is 158 cm³/mol. The molecule has 8 heteroatoms. The lowest BCUT2D eigenvalue weighted by molar-refractivity contribution is -0.119. The van der Waals surface area contributed by atoms with E-state index in [0.29, 0.717) is 30.9 Å². The Hall–Kier alpha value is -3.26. The van der Waals surface area contributed by atoms with Gasteiger partial charge in [0.15, 0.2) is 10.7 Å². The van der Waals surface area contributed by atoms with Gasteiger partial charge in [-0.2, -0.15) is 0 Å². The highest BCUT2D eigenvalue weighted by molar-refractivity contribution is 7.91. The zero-order valence-corrected chi connectivity index (χ0v) is 24.6. The van der Waals surface area contributed by atoms with E-state index in [2.05, 4.69) is 35.9 Å². The molecule has 208 valence electrons. The van der Waals surface area contributed by atoms with Crippen molar-refractivity contribution in [2.75, 3.05) is 11.4 Å². The maximum atomic E-state index is 13.6. The average Bonchev–Trinajstić information content (AvgIpc) is 2.90. The summed E-state index contributed by atoms with van der Waals surface area (Å²) in [6.07, 6.45) is 5.31. The molecule has 39 heavy (non-hydrogen) atoms. The van der Waals surface area contributed by atoms with Gasteiger partial charge >= 0.3 is 0 Å². The van der Waals surface area contributed by atoms with Crippen LogP contribution in [0.15, 0.2) is 48.5 Å². The van der Waals surface area contributed by atoms with Gasteiger partial charge in [0, 0.05) is 24.1 Å². The fourth-order valence-corrected chi connectivity index (χ4v) is 6.01. The van der Waals surface area contributed by atoms with Gasteiger partial charge in [0.05, 0.1) is 17.1 Å². The lowest BCUT2D eigenvalue weighted by atomic mass is 10.0. The van der Waals surface area contributed by atoms with E-state index in [9.17, 15) is 13.2 Å². The Morgan fingerprint density at radius 1 is 0.897 bits per heavy atom. The minimum Gasteiger partial charge on any atom is -0.335 e.